The molecule has 0 amide bonds. The Morgan fingerprint density at radius 1 is 1.07 bits per heavy atom. The van der Waals surface area contributed by atoms with E-state index in [1.165, 1.54) is 11.3 Å². The number of carbonyl (C=O) groups excluding carboxylic acids is 1. The zero-order chi connectivity index (χ0) is 19.0. The topological polar surface area (TPSA) is 57.1 Å². The third-order valence-corrected chi connectivity index (χ3v) is 6.09. The Hall–Kier alpha value is -2.79. The Morgan fingerprint density at radius 2 is 1.70 bits per heavy atom. The van der Waals surface area contributed by atoms with Crippen LogP contribution >= 0.6 is 11.3 Å². The first-order valence-electron chi connectivity index (χ1n) is 9.01. The van der Waals surface area contributed by atoms with Gasteiger partial charge in [0.25, 0.3) is 0 Å². The first-order valence-corrected chi connectivity index (χ1v) is 9.83. The highest BCUT2D eigenvalue weighted by Gasteiger charge is 2.44. The number of nitrogens with one attached hydrogen (secondary N) is 1. The van der Waals surface area contributed by atoms with Crippen LogP contribution in [-0.4, -0.2) is 27.5 Å². The lowest BCUT2D eigenvalue weighted by Gasteiger charge is -2.22. The van der Waals surface area contributed by atoms with Crippen molar-refractivity contribution in [1.29, 1.82) is 5.41 Å². The number of benzene rings is 2. The fourth-order valence-corrected chi connectivity index (χ4v) is 4.61. The number of amidine groups is 1. The number of thiazole rings is 1. The van der Waals surface area contributed by atoms with Crippen LogP contribution in [0.15, 0.2) is 60.7 Å². The predicted molar refractivity (Wildman–Crippen MR) is 109 cm³/mol. The molecule has 2 atom stereocenters. The SMILES string of the molecule is Cc1sc(C2C(=N)N(Cc3ccccc3)C(C)C2=O)nc1-c1ccccc1. The summed E-state index contributed by atoms with van der Waals surface area (Å²) in [7, 11) is 0. The average molecular weight is 375 g/mol. The van der Waals surface area contributed by atoms with Crippen molar-refractivity contribution in [2.75, 3.05) is 0 Å². The number of hydrogen-bond acceptors (Lipinski definition) is 4. The summed E-state index contributed by atoms with van der Waals surface area (Å²) in [6.07, 6.45) is 0. The van der Waals surface area contributed by atoms with Crippen molar-refractivity contribution in [3.63, 3.8) is 0 Å². The normalized spacial score (nSPS) is 19.7. The van der Waals surface area contributed by atoms with Gasteiger partial charge in [-0.3, -0.25) is 10.2 Å². The zero-order valence-corrected chi connectivity index (χ0v) is 16.2. The molecule has 1 aromatic heterocycles. The highest BCUT2D eigenvalue weighted by molar-refractivity contribution is 7.12. The van der Waals surface area contributed by atoms with Crippen LogP contribution in [-0.2, 0) is 11.3 Å². The van der Waals surface area contributed by atoms with Crippen molar-refractivity contribution in [1.82, 2.24) is 9.88 Å². The van der Waals surface area contributed by atoms with Crippen LogP contribution < -0.4 is 0 Å². The standard InChI is InChI=1S/C22H21N3OS/c1-14-20(26)18(21(23)25(14)13-16-9-5-3-6-10-16)22-24-19(15(2)27-22)17-11-7-4-8-12-17/h3-12,14,18,23H,13H2,1-2H3. The van der Waals surface area contributed by atoms with Crippen LogP contribution in [0.4, 0.5) is 0 Å². The largest absolute Gasteiger partial charge is 0.345 e. The number of Topliss-reactive ketones (excluding diaryl/α,β-unsaturated/α-hetero) is 1. The molecule has 2 aromatic carbocycles. The highest BCUT2D eigenvalue weighted by Crippen LogP contribution is 2.37. The lowest BCUT2D eigenvalue weighted by atomic mass is 10.0. The number of aromatic nitrogens is 1. The molecule has 1 aliphatic rings. The summed E-state index contributed by atoms with van der Waals surface area (Å²) in [4.78, 5) is 20.7. The number of aryl methyl sites for hydroxylation is 1. The Balaban J connectivity index is 1.64. The number of ketones is 1. The van der Waals surface area contributed by atoms with Gasteiger partial charge < -0.3 is 4.90 Å². The number of rotatable bonds is 4. The minimum absolute atomic E-state index is 0.0595. The van der Waals surface area contributed by atoms with E-state index >= 15 is 0 Å². The van der Waals surface area contributed by atoms with Gasteiger partial charge in [-0.2, -0.15) is 0 Å². The molecule has 4 rings (SSSR count). The Labute approximate surface area is 163 Å². The summed E-state index contributed by atoms with van der Waals surface area (Å²) in [5, 5.41) is 9.39. The van der Waals surface area contributed by atoms with Gasteiger partial charge in [0.1, 0.15) is 16.8 Å². The van der Waals surface area contributed by atoms with Crippen molar-refractivity contribution in [2.45, 2.75) is 32.4 Å². The molecule has 4 nitrogen and oxygen atoms in total. The second-order valence-electron chi connectivity index (χ2n) is 6.83. The van der Waals surface area contributed by atoms with Gasteiger partial charge in [-0.25, -0.2) is 4.98 Å². The van der Waals surface area contributed by atoms with Crippen LogP contribution in [0, 0.1) is 12.3 Å². The molecule has 1 fully saturated rings. The van der Waals surface area contributed by atoms with Gasteiger partial charge in [-0.15, -0.1) is 11.3 Å². The van der Waals surface area contributed by atoms with E-state index in [1.807, 2.05) is 79.4 Å². The van der Waals surface area contributed by atoms with Gasteiger partial charge in [0, 0.05) is 17.0 Å². The van der Waals surface area contributed by atoms with E-state index in [9.17, 15) is 4.79 Å². The van der Waals surface area contributed by atoms with Gasteiger partial charge in [0.05, 0.1) is 11.7 Å². The molecule has 136 valence electrons. The molecule has 0 saturated carbocycles. The molecule has 0 bridgehead atoms. The summed E-state index contributed by atoms with van der Waals surface area (Å²) >= 11 is 1.52. The molecule has 1 N–H and O–H groups in total. The maximum Gasteiger partial charge on any atom is 0.172 e. The number of nitrogens with zero attached hydrogens (tertiary/aromatic N) is 2. The molecule has 0 radical (unpaired) electrons. The van der Waals surface area contributed by atoms with E-state index < -0.39 is 5.92 Å². The van der Waals surface area contributed by atoms with Gasteiger partial charge in [0.2, 0.25) is 0 Å². The van der Waals surface area contributed by atoms with Gasteiger partial charge in [-0.1, -0.05) is 60.7 Å². The second kappa shape index (κ2) is 7.08. The van der Waals surface area contributed by atoms with Crippen LogP contribution in [0.2, 0.25) is 0 Å². The van der Waals surface area contributed by atoms with Crippen molar-refractivity contribution in [3.8, 4) is 11.3 Å². The van der Waals surface area contributed by atoms with Crippen LogP contribution in [0.5, 0.6) is 0 Å². The third-order valence-electron chi connectivity index (χ3n) is 5.05. The summed E-state index contributed by atoms with van der Waals surface area (Å²) < 4.78 is 0. The molecule has 1 aliphatic heterocycles. The number of carbonyl (C=O) groups is 1. The first kappa shape index (κ1) is 17.6. The maximum absolute atomic E-state index is 13.0. The van der Waals surface area contributed by atoms with E-state index in [0.29, 0.717) is 12.4 Å². The quantitative estimate of drug-likeness (QED) is 0.722. The van der Waals surface area contributed by atoms with Gasteiger partial charge >= 0.3 is 0 Å². The molecule has 1 saturated heterocycles. The van der Waals surface area contributed by atoms with Crippen molar-refractivity contribution < 1.29 is 4.79 Å². The molecule has 0 aliphatic carbocycles. The fourth-order valence-electron chi connectivity index (χ4n) is 3.55. The van der Waals surface area contributed by atoms with E-state index in [4.69, 9.17) is 10.4 Å². The smallest absolute Gasteiger partial charge is 0.172 e. The molecule has 27 heavy (non-hydrogen) atoms. The molecular formula is C22H21N3OS. The minimum Gasteiger partial charge on any atom is -0.345 e. The van der Waals surface area contributed by atoms with Crippen molar-refractivity contribution in [2.24, 2.45) is 0 Å². The fraction of sp³-hybridized carbons (Fsp3) is 0.227. The number of hydrogen-bond donors (Lipinski definition) is 1. The molecule has 0 spiro atoms. The Kier molecular flexibility index (Phi) is 4.62. The van der Waals surface area contributed by atoms with E-state index in [2.05, 4.69) is 0 Å². The van der Waals surface area contributed by atoms with E-state index in [1.54, 1.807) is 0 Å². The van der Waals surface area contributed by atoms with Crippen molar-refractivity contribution >= 4 is 23.0 Å². The maximum atomic E-state index is 13.0. The third kappa shape index (κ3) is 3.19. The van der Waals surface area contributed by atoms with Crippen LogP contribution in [0.3, 0.4) is 0 Å². The Morgan fingerprint density at radius 3 is 2.37 bits per heavy atom. The average Bonchev–Trinajstić information content (AvgIpc) is 3.16. The zero-order valence-electron chi connectivity index (χ0n) is 15.3. The van der Waals surface area contributed by atoms with Gasteiger partial charge in [0.15, 0.2) is 5.78 Å². The summed E-state index contributed by atoms with van der Waals surface area (Å²) in [6, 6.07) is 19.7. The highest BCUT2D eigenvalue weighted by atomic mass is 32.1. The monoisotopic (exact) mass is 375 g/mol. The molecule has 2 unspecified atom stereocenters. The number of likely N-dealkylation sites (tertiary alicyclic amines) is 1. The molecule has 2 heterocycles. The van der Waals surface area contributed by atoms with E-state index in [-0.39, 0.29) is 11.8 Å². The van der Waals surface area contributed by atoms with Crippen LogP contribution in [0.1, 0.15) is 28.3 Å². The molecular weight excluding hydrogens is 354 g/mol. The first-order chi connectivity index (χ1) is 13.1. The van der Waals surface area contributed by atoms with Gasteiger partial charge in [-0.05, 0) is 19.4 Å². The van der Waals surface area contributed by atoms with Crippen LogP contribution in [0.25, 0.3) is 11.3 Å². The summed E-state index contributed by atoms with van der Waals surface area (Å²) in [6.45, 7) is 4.48. The lowest BCUT2D eigenvalue weighted by molar-refractivity contribution is -0.120. The second-order valence-corrected chi connectivity index (χ2v) is 8.07. The van der Waals surface area contributed by atoms with Crippen molar-refractivity contribution in [3.05, 3.63) is 76.1 Å². The minimum atomic E-state index is -0.565. The molecule has 5 heteroatoms. The molecule has 3 aromatic rings. The Bertz CT molecular complexity index is 981. The van der Waals surface area contributed by atoms with E-state index in [0.717, 1.165) is 26.7 Å². The lowest BCUT2D eigenvalue weighted by Crippen LogP contribution is -2.32. The summed E-state index contributed by atoms with van der Waals surface area (Å²) in [5.74, 6) is -0.154. The predicted octanol–water partition coefficient (Wildman–Crippen LogP) is 4.65. The summed E-state index contributed by atoms with van der Waals surface area (Å²) in [5.41, 5.74) is 3.05.